The van der Waals surface area contributed by atoms with E-state index in [1.165, 1.54) is 0 Å². The summed E-state index contributed by atoms with van der Waals surface area (Å²) in [6.07, 6.45) is 3.78. The van der Waals surface area contributed by atoms with Crippen LogP contribution in [0.1, 0.15) is 31.5 Å². The molecule has 1 aromatic heterocycles. The highest BCUT2D eigenvalue weighted by Gasteiger charge is 2.25. The molecule has 2 heterocycles. The summed E-state index contributed by atoms with van der Waals surface area (Å²) in [5, 5.41) is 10.1. The van der Waals surface area contributed by atoms with Crippen molar-refractivity contribution in [3.8, 4) is 11.3 Å². The molecule has 1 aliphatic heterocycles. The van der Waals surface area contributed by atoms with Gasteiger partial charge in [0.15, 0.2) is 0 Å². The minimum Gasteiger partial charge on any atom is -0.389 e. The maximum absolute atomic E-state index is 10.1. The number of benzene rings is 1. The molecular weight excluding hydrogens is 302 g/mol. The minimum absolute atomic E-state index is 0.399. The molecule has 0 spiro atoms. The summed E-state index contributed by atoms with van der Waals surface area (Å²) in [7, 11) is 0. The van der Waals surface area contributed by atoms with E-state index in [1.54, 1.807) is 0 Å². The number of aromatic amines is 1. The summed E-state index contributed by atoms with van der Waals surface area (Å²) in [6.45, 7) is 5.65. The molecule has 2 N–H and O–H groups in total. The second-order valence-corrected chi connectivity index (χ2v) is 6.46. The maximum atomic E-state index is 10.1. The fourth-order valence-electron chi connectivity index (χ4n) is 3.36. The first-order chi connectivity index (χ1) is 11.8. The lowest BCUT2D eigenvalue weighted by atomic mass is 9.97. The minimum atomic E-state index is -0.416. The predicted molar refractivity (Wildman–Crippen MR) is 94.9 cm³/mol. The number of rotatable bonds is 7. The highest BCUT2D eigenvalue weighted by molar-refractivity contribution is 5.58. The number of nitrogens with one attached hydrogen (secondary N) is 1. The van der Waals surface area contributed by atoms with Crippen molar-refractivity contribution in [2.75, 3.05) is 32.8 Å². The quantitative estimate of drug-likeness (QED) is 0.820. The van der Waals surface area contributed by atoms with Crippen LogP contribution in [0.3, 0.4) is 0 Å². The van der Waals surface area contributed by atoms with Crippen LogP contribution in [0.15, 0.2) is 36.5 Å². The molecule has 1 fully saturated rings. The van der Waals surface area contributed by atoms with Gasteiger partial charge in [-0.15, -0.1) is 0 Å². The van der Waals surface area contributed by atoms with Crippen molar-refractivity contribution in [1.29, 1.82) is 0 Å². The average molecular weight is 329 g/mol. The number of aliphatic hydroxyl groups is 1. The molecule has 0 radical (unpaired) electrons. The van der Waals surface area contributed by atoms with Gasteiger partial charge in [0.2, 0.25) is 0 Å². The molecule has 0 unspecified atom stereocenters. The Bertz CT molecular complexity index is 614. The van der Waals surface area contributed by atoms with Gasteiger partial charge in [0.05, 0.1) is 24.6 Å². The first kappa shape index (κ1) is 17.1. The number of imidazole rings is 1. The summed E-state index contributed by atoms with van der Waals surface area (Å²) < 4.78 is 5.31. The Morgan fingerprint density at radius 3 is 3.00 bits per heavy atom. The smallest absolute Gasteiger partial charge is 0.110 e. The predicted octanol–water partition coefficient (Wildman–Crippen LogP) is 2.65. The molecule has 0 saturated carbocycles. The van der Waals surface area contributed by atoms with Crippen LogP contribution in [0.2, 0.25) is 0 Å². The molecular formula is C19H27N3O2. The van der Waals surface area contributed by atoms with Crippen LogP contribution in [0.4, 0.5) is 0 Å². The molecule has 2 atom stereocenters. The molecule has 1 saturated heterocycles. The largest absolute Gasteiger partial charge is 0.389 e. The molecule has 1 aromatic carbocycles. The van der Waals surface area contributed by atoms with Crippen molar-refractivity contribution in [3.63, 3.8) is 0 Å². The number of aromatic nitrogens is 2. The zero-order valence-corrected chi connectivity index (χ0v) is 14.3. The number of aliphatic hydroxyl groups excluding tert-OH is 1. The fourth-order valence-corrected chi connectivity index (χ4v) is 3.36. The van der Waals surface area contributed by atoms with Crippen molar-refractivity contribution in [2.24, 2.45) is 0 Å². The topological polar surface area (TPSA) is 61.4 Å². The number of nitrogens with zero attached hydrogens (tertiary/aromatic N) is 2. The molecule has 2 aromatic rings. The monoisotopic (exact) mass is 329 g/mol. The van der Waals surface area contributed by atoms with Gasteiger partial charge in [-0.3, -0.25) is 4.90 Å². The Kier molecular flexibility index (Phi) is 6.01. The SMILES string of the molecule is CCOC[C@H](O)CN1CCC[C@@H](c2ncc(-c3ccccc3)[nH]2)C1. The standard InChI is InChI=1S/C19H27N3O2/c1-2-24-14-17(23)13-22-10-6-9-16(12-22)19-20-11-18(21-19)15-7-4-3-5-8-15/h3-5,7-8,11,16-17,23H,2,6,9-10,12-14H2,1H3,(H,20,21)/t16-,17-/m1/s1. The number of hydrogen-bond acceptors (Lipinski definition) is 4. The number of piperidine rings is 1. The van der Waals surface area contributed by atoms with Gasteiger partial charge in [0, 0.05) is 25.6 Å². The number of hydrogen-bond donors (Lipinski definition) is 2. The molecule has 130 valence electrons. The summed E-state index contributed by atoms with van der Waals surface area (Å²) in [4.78, 5) is 10.4. The number of likely N-dealkylation sites (tertiary alicyclic amines) is 1. The molecule has 24 heavy (non-hydrogen) atoms. The molecule has 0 bridgehead atoms. The third-order valence-corrected chi connectivity index (χ3v) is 4.56. The molecule has 5 heteroatoms. The van der Waals surface area contributed by atoms with Crippen LogP contribution in [0.5, 0.6) is 0 Å². The van der Waals surface area contributed by atoms with E-state index >= 15 is 0 Å². The van der Waals surface area contributed by atoms with Gasteiger partial charge in [-0.05, 0) is 31.9 Å². The molecule has 0 aliphatic carbocycles. The van der Waals surface area contributed by atoms with Crippen LogP contribution in [-0.4, -0.2) is 58.9 Å². The summed E-state index contributed by atoms with van der Waals surface area (Å²) in [5.74, 6) is 1.45. The van der Waals surface area contributed by atoms with Crippen molar-refractivity contribution < 1.29 is 9.84 Å². The van der Waals surface area contributed by atoms with Crippen LogP contribution >= 0.6 is 0 Å². The Balaban J connectivity index is 1.60. The first-order valence-electron chi connectivity index (χ1n) is 8.84. The van der Waals surface area contributed by atoms with E-state index in [0.29, 0.717) is 25.7 Å². The van der Waals surface area contributed by atoms with Crippen molar-refractivity contribution in [2.45, 2.75) is 31.8 Å². The van der Waals surface area contributed by atoms with E-state index in [1.807, 2.05) is 31.3 Å². The molecule has 5 nitrogen and oxygen atoms in total. The Morgan fingerprint density at radius 2 is 2.21 bits per heavy atom. The van der Waals surface area contributed by atoms with Gasteiger partial charge in [0.1, 0.15) is 5.82 Å². The van der Waals surface area contributed by atoms with Crippen molar-refractivity contribution in [3.05, 3.63) is 42.4 Å². The van der Waals surface area contributed by atoms with Gasteiger partial charge in [-0.1, -0.05) is 30.3 Å². The van der Waals surface area contributed by atoms with Gasteiger partial charge in [-0.25, -0.2) is 4.98 Å². The van der Waals surface area contributed by atoms with Gasteiger partial charge in [0.25, 0.3) is 0 Å². The number of ether oxygens (including phenoxy) is 1. The third-order valence-electron chi connectivity index (χ3n) is 4.56. The van der Waals surface area contributed by atoms with Crippen molar-refractivity contribution in [1.82, 2.24) is 14.9 Å². The van der Waals surface area contributed by atoms with E-state index in [2.05, 4.69) is 27.0 Å². The highest BCUT2D eigenvalue weighted by atomic mass is 16.5. The Hall–Kier alpha value is -1.69. The molecule has 3 rings (SSSR count). The van der Waals surface area contributed by atoms with Crippen LogP contribution in [0.25, 0.3) is 11.3 Å². The van der Waals surface area contributed by atoms with Gasteiger partial charge >= 0.3 is 0 Å². The third kappa shape index (κ3) is 4.44. The average Bonchev–Trinajstić information content (AvgIpc) is 3.11. The van der Waals surface area contributed by atoms with E-state index in [9.17, 15) is 5.11 Å². The zero-order chi connectivity index (χ0) is 16.8. The highest BCUT2D eigenvalue weighted by Crippen LogP contribution is 2.27. The van der Waals surface area contributed by atoms with E-state index in [4.69, 9.17) is 4.74 Å². The maximum Gasteiger partial charge on any atom is 0.110 e. The summed E-state index contributed by atoms with van der Waals surface area (Å²) in [6, 6.07) is 10.3. The normalized spacial score (nSPS) is 20.2. The van der Waals surface area contributed by atoms with E-state index < -0.39 is 6.10 Å². The van der Waals surface area contributed by atoms with E-state index in [0.717, 1.165) is 43.0 Å². The fraction of sp³-hybridized carbons (Fsp3) is 0.526. The lowest BCUT2D eigenvalue weighted by Gasteiger charge is -2.33. The van der Waals surface area contributed by atoms with Crippen LogP contribution < -0.4 is 0 Å². The second kappa shape index (κ2) is 8.42. The van der Waals surface area contributed by atoms with E-state index in [-0.39, 0.29) is 0 Å². The number of β-amino-alcohol motifs (C(OH)–C–C–N with tert-alkyl or cyclic N) is 1. The second-order valence-electron chi connectivity index (χ2n) is 6.46. The number of H-pyrrole nitrogens is 1. The van der Waals surface area contributed by atoms with Gasteiger partial charge < -0.3 is 14.8 Å². The summed E-state index contributed by atoms with van der Waals surface area (Å²) >= 11 is 0. The first-order valence-corrected chi connectivity index (χ1v) is 8.84. The zero-order valence-electron chi connectivity index (χ0n) is 14.3. The van der Waals surface area contributed by atoms with Crippen LogP contribution in [0, 0.1) is 0 Å². The lowest BCUT2D eigenvalue weighted by molar-refractivity contribution is 0.0159. The molecule has 0 amide bonds. The molecule has 1 aliphatic rings. The Labute approximate surface area is 143 Å². The van der Waals surface area contributed by atoms with Gasteiger partial charge in [-0.2, -0.15) is 0 Å². The lowest BCUT2D eigenvalue weighted by Crippen LogP contribution is -2.41. The summed E-state index contributed by atoms with van der Waals surface area (Å²) in [5.41, 5.74) is 2.23. The van der Waals surface area contributed by atoms with Crippen molar-refractivity contribution >= 4 is 0 Å². The Morgan fingerprint density at radius 1 is 1.38 bits per heavy atom. The van der Waals surface area contributed by atoms with Crippen LogP contribution in [-0.2, 0) is 4.74 Å².